The SMILES string of the molecule is Cc1cc(C)nc(OCCC2CCCCN2)n1. The molecule has 2 rings (SSSR count). The Labute approximate surface area is 103 Å². The number of ether oxygens (including phenoxy) is 1. The van der Waals surface area contributed by atoms with Crippen LogP contribution in [0.25, 0.3) is 0 Å². The lowest BCUT2D eigenvalue weighted by Crippen LogP contribution is -2.35. The van der Waals surface area contributed by atoms with Crippen LogP contribution in [0.4, 0.5) is 0 Å². The van der Waals surface area contributed by atoms with Crippen LogP contribution in [0.2, 0.25) is 0 Å². The minimum atomic E-state index is 0.512. The van der Waals surface area contributed by atoms with Crippen molar-refractivity contribution in [2.75, 3.05) is 13.2 Å². The maximum absolute atomic E-state index is 5.61. The van der Waals surface area contributed by atoms with Gasteiger partial charge in [0.05, 0.1) is 6.61 Å². The van der Waals surface area contributed by atoms with Gasteiger partial charge in [0.2, 0.25) is 0 Å². The summed E-state index contributed by atoms with van der Waals surface area (Å²) in [6.07, 6.45) is 4.93. The summed E-state index contributed by atoms with van der Waals surface area (Å²) in [6.45, 7) is 5.76. The average Bonchev–Trinajstić information content (AvgIpc) is 2.29. The first kappa shape index (κ1) is 12.3. The van der Waals surface area contributed by atoms with Crippen molar-refractivity contribution < 1.29 is 4.74 Å². The first-order chi connectivity index (χ1) is 8.24. The third-order valence-corrected chi connectivity index (χ3v) is 3.07. The number of nitrogens with zero attached hydrogens (tertiary/aromatic N) is 2. The second-order valence-corrected chi connectivity index (χ2v) is 4.72. The van der Waals surface area contributed by atoms with Gasteiger partial charge in [-0.25, -0.2) is 9.97 Å². The van der Waals surface area contributed by atoms with Crippen molar-refractivity contribution >= 4 is 0 Å². The smallest absolute Gasteiger partial charge is 0.316 e. The molecule has 0 amide bonds. The first-order valence-corrected chi connectivity index (χ1v) is 6.42. The molecule has 0 aromatic carbocycles. The number of aryl methyl sites for hydroxylation is 2. The van der Waals surface area contributed by atoms with E-state index in [1.165, 1.54) is 19.3 Å². The van der Waals surface area contributed by atoms with E-state index in [1.807, 2.05) is 19.9 Å². The number of rotatable bonds is 4. The molecule has 2 heterocycles. The molecule has 94 valence electrons. The monoisotopic (exact) mass is 235 g/mol. The van der Waals surface area contributed by atoms with Crippen molar-refractivity contribution in [1.82, 2.24) is 15.3 Å². The zero-order valence-corrected chi connectivity index (χ0v) is 10.7. The summed E-state index contributed by atoms with van der Waals surface area (Å²) >= 11 is 0. The number of nitrogens with one attached hydrogen (secondary N) is 1. The van der Waals surface area contributed by atoms with Crippen molar-refractivity contribution in [3.05, 3.63) is 17.5 Å². The molecule has 1 unspecified atom stereocenters. The molecule has 0 aliphatic carbocycles. The lowest BCUT2D eigenvalue weighted by molar-refractivity contribution is 0.251. The van der Waals surface area contributed by atoms with Gasteiger partial charge in [0.15, 0.2) is 0 Å². The van der Waals surface area contributed by atoms with E-state index in [0.717, 1.165) is 24.4 Å². The minimum Gasteiger partial charge on any atom is -0.463 e. The number of piperidine rings is 1. The molecule has 1 fully saturated rings. The Bertz CT molecular complexity index is 341. The van der Waals surface area contributed by atoms with Crippen LogP contribution >= 0.6 is 0 Å². The second-order valence-electron chi connectivity index (χ2n) is 4.72. The topological polar surface area (TPSA) is 47.0 Å². The molecule has 1 aliphatic heterocycles. The molecule has 1 aromatic heterocycles. The molecule has 4 nitrogen and oxygen atoms in total. The number of aromatic nitrogens is 2. The van der Waals surface area contributed by atoms with Crippen LogP contribution in [0.5, 0.6) is 6.01 Å². The van der Waals surface area contributed by atoms with Gasteiger partial charge in [0, 0.05) is 17.4 Å². The predicted octanol–water partition coefficient (Wildman–Crippen LogP) is 2.00. The average molecular weight is 235 g/mol. The van der Waals surface area contributed by atoms with Gasteiger partial charge >= 0.3 is 6.01 Å². The molecule has 0 radical (unpaired) electrons. The van der Waals surface area contributed by atoms with Gasteiger partial charge in [-0.05, 0) is 45.7 Å². The van der Waals surface area contributed by atoms with Crippen LogP contribution in [-0.2, 0) is 0 Å². The van der Waals surface area contributed by atoms with Gasteiger partial charge in [-0.2, -0.15) is 0 Å². The molecule has 1 saturated heterocycles. The Morgan fingerprint density at radius 2 is 2.06 bits per heavy atom. The summed E-state index contributed by atoms with van der Waals surface area (Å²) in [7, 11) is 0. The highest BCUT2D eigenvalue weighted by Crippen LogP contribution is 2.11. The third kappa shape index (κ3) is 3.97. The van der Waals surface area contributed by atoms with E-state index in [2.05, 4.69) is 15.3 Å². The summed E-state index contributed by atoms with van der Waals surface area (Å²) in [4.78, 5) is 8.53. The Morgan fingerprint density at radius 1 is 1.29 bits per heavy atom. The third-order valence-electron chi connectivity index (χ3n) is 3.07. The molecule has 1 aromatic rings. The van der Waals surface area contributed by atoms with Gasteiger partial charge in [-0.1, -0.05) is 6.42 Å². The zero-order valence-electron chi connectivity index (χ0n) is 10.7. The second kappa shape index (κ2) is 5.96. The van der Waals surface area contributed by atoms with Crippen LogP contribution < -0.4 is 10.1 Å². The summed E-state index contributed by atoms with van der Waals surface area (Å²) < 4.78 is 5.61. The summed E-state index contributed by atoms with van der Waals surface area (Å²) in [6, 6.07) is 3.07. The molecule has 1 atom stereocenters. The highest BCUT2D eigenvalue weighted by atomic mass is 16.5. The van der Waals surface area contributed by atoms with Crippen molar-refractivity contribution in [3.8, 4) is 6.01 Å². The van der Waals surface area contributed by atoms with E-state index < -0.39 is 0 Å². The maximum Gasteiger partial charge on any atom is 0.316 e. The molecule has 1 N–H and O–H groups in total. The quantitative estimate of drug-likeness (QED) is 0.867. The van der Waals surface area contributed by atoms with Gasteiger partial charge in [-0.3, -0.25) is 0 Å². The largest absolute Gasteiger partial charge is 0.463 e. The van der Waals surface area contributed by atoms with Gasteiger partial charge in [-0.15, -0.1) is 0 Å². The predicted molar refractivity (Wildman–Crippen MR) is 67.3 cm³/mol. The first-order valence-electron chi connectivity index (χ1n) is 6.42. The van der Waals surface area contributed by atoms with Crippen molar-refractivity contribution in [2.24, 2.45) is 0 Å². The van der Waals surface area contributed by atoms with Crippen LogP contribution in [0.15, 0.2) is 6.07 Å². The molecule has 17 heavy (non-hydrogen) atoms. The fraction of sp³-hybridized carbons (Fsp3) is 0.692. The van der Waals surface area contributed by atoms with Gasteiger partial charge < -0.3 is 10.1 Å². The molecule has 0 bridgehead atoms. The summed E-state index contributed by atoms with van der Waals surface area (Å²) in [5, 5.41) is 3.51. The van der Waals surface area contributed by atoms with E-state index in [1.54, 1.807) is 0 Å². The Hall–Kier alpha value is -1.16. The molecule has 0 spiro atoms. The fourth-order valence-electron chi connectivity index (χ4n) is 2.22. The van der Waals surface area contributed by atoms with Crippen molar-refractivity contribution in [1.29, 1.82) is 0 Å². The fourth-order valence-corrected chi connectivity index (χ4v) is 2.22. The van der Waals surface area contributed by atoms with Crippen LogP contribution in [0.3, 0.4) is 0 Å². The van der Waals surface area contributed by atoms with Crippen LogP contribution in [-0.4, -0.2) is 29.2 Å². The van der Waals surface area contributed by atoms with E-state index in [9.17, 15) is 0 Å². The van der Waals surface area contributed by atoms with E-state index in [0.29, 0.717) is 18.7 Å². The molecule has 0 saturated carbocycles. The Balaban J connectivity index is 1.77. The lowest BCUT2D eigenvalue weighted by atomic mass is 10.0. The van der Waals surface area contributed by atoms with Crippen LogP contribution in [0, 0.1) is 13.8 Å². The van der Waals surface area contributed by atoms with Gasteiger partial charge in [0.1, 0.15) is 0 Å². The lowest BCUT2D eigenvalue weighted by Gasteiger charge is -2.23. The van der Waals surface area contributed by atoms with Crippen molar-refractivity contribution in [3.63, 3.8) is 0 Å². The van der Waals surface area contributed by atoms with E-state index in [4.69, 9.17) is 4.74 Å². The highest BCUT2D eigenvalue weighted by Gasteiger charge is 2.12. The Morgan fingerprint density at radius 3 is 2.71 bits per heavy atom. The molecule has 1 aliphatic rings. The number of hydrogen-bond acceptors (Lipinski definition) is 4. The van der Waals surface area contributed by atoms with Gasteiger partial charge in [0.25, 0.3) is 0 Å². The Kier molecular flexibility index (Phi) is 4.31. The van der Waals surface area contributed by atoms with E-state index in [-0.39, 0.29) is 0 Å². The minimum absolute atomic E-state index is 0.512. The summed E-state index contributed by atoms with van der Waals surface area (Å²) in [5.41, 5.74) is 1.92. The zero-order chi connectivity index (χ0) is 12.1. The maximum atomic E-state index is 5.61. The highest BCUT2D eigenvalue weighted by molar-refractivity contribution is 5.10. The summed E-state index contributed by atoms with van der Waals surface area (Å²) in [5.74, 6) is 0. The standard InChI is InChI=1S/C13H21N3O/c1-10-9-11(2)16-13(15-10)17-8-6-12-5-3-4-7-14-12/h9,12,14H,3-8H2,1-2H3. The molecular weight excluding hydrogens is 214 g/mol. The molecular formula is C13H21N3O. The number of hydrogen-bond donors (Lipinski definition) is 1. The van der Waals surface area contributed by atoms with Crippen molar-refractivity contribution in [2.45, 2.75) is 45.6 Å². The van der Waals surface area contributed by atoms with Crippen LogP contribution in [0.1, 0.15) is 37.1 Å². The van der Waals surface area contributed by atoms with E-state index >= 15 is 0 Å². The normalized spacial score (nSPS) is 20.2. The molecule has 4 heteroatoms.